The van der Waals surface area contributed by atoms with Crippen molar-refractivity contribution in [1.82, 2.24) is 14.9 Å². The Bertz CT molecular complexity index is 936. The Morgan fingerprint density at radius 1 is 1.00 bits per heavy atom. The zero-order chi connectivity index (χ0) is 20.7. The summed E-state index contributed by atoms with van der Waals surface area (Å²) in [7, 11) is -3.41. The third-order valence-electron chi connectivity index (χ3n) is 4.66. The molecule has 1 fully saturated rings. The molecule has 0 saturated carbocycles. The SMILES string of the molecule is O=C(CCCNC(=O)c1ccccc1)NCc1ccc(S(=O)(=O)N2CCCC2)s1. The van der Waals surface area contributed by atoms with Crippen molar-refractivity contribution in [3.8, 4) is 0 Å². The van der Waals surface area contributed by atoms with Crippen LogP contribution in [0.25, 0.3) is 0 Å². The molecule has 0 aliphatic carbocycles. The highest BCUT2D eigenvalue weighted by Gasteiger charge is 2.28. The van der Waals surface area contributed by atoms with Gasteiger partial charge in [-0.3, -0.25) is 9.59 Å². The number of sulfonamides is 1. The topological polar surface area (TPSA) is 95.6 Å². The van der Waals surface area contributed by atoms with Crippen LogP contribution in [0.3, 0.4) is 0 Å². The summed E-state index contributed by atoms with van der Waals surface area (Å²) < 4.78 is 26.9. The lowest BCUT2D eigenvalue weighted by Crippen LogP contribution is -2.27. The van der Waals surface area contributed by atoms with E-state index in [-0.39, 0.29) is 11.8 Å². The Labute approximate surface area is 175 Å². The highest BCUT2D eigenvalue weighted by atomic mass is 32.2. The number of amides is 2. The molecule has 1 aromatic heterocycles. The normalized spacial score (nSPS) is 14.6. The minimum absolute atomic E-state index is 0.128. The van der Waals surface area contributed by atoms with E-state index < -0.39 is 10.0 Å². The minimum atomic E-state index is -3.41. The molecule has 1 saturated heterocycles. The van der Waals surface area contributed by atoms with Gasteiger partial charge < -0.3 is 10.6 Å². The first-order valence-electron chi connectivity index (χ1n) is 9.65. The second-order valence-electron chi connectivity index (χ2n) is 6.83. The average molecular weight is 436 g/mol. The van der Waals surface area contributed by atoms with Crippen LogP contribution in [0.5, 0.6) is 0 Å². The fraction of sp³-hybridized carbons (Fsp3) is 0.400. The quantitative estimate of drug-likeness (QED) is 0.591. The molecule has 2 amide bonds. The highest BCUT2D eigenvalue weighted by molar-refractivity contribution is 7.91. The van der Waals surface area contributed by atoms with E-state index in [9.17, 15) is 18.0 Å². The van der Waals surface area contributed by atoms with Crippen molar-refractivity contribution in [1.29, 1.82) is 0 Å². The zero-order valence-corrected chi connectivity index (χ0v) is 17.7. The van der Waals surface area contributed by atoms with Crippen molar-refractivity contribution < 1.29 is 18.0 Å². The molecule has 0 atom stereocenters. The summed E-state index contributed by atoms with van der Waals surface area (Å²) in [6.45, 7) is 1.87. The number of thiophene rings is 1. The highest BCUT2D eigenvalue weighted by Crippen LogP contribution is 2.27. The van der Waals surface area contributed by atoms with E-state index in [1.165, 1.54) is 15.6 Å². The summed E-state index contributed by atoms with van der Waals surface area (Å²) in [4.78, 5) is 24.7. The molecule has 1 aliphatic rings. The third-order valence-corrected chi connectivity index (χ3v) is 8.11. The van der Waals surface area contributed by atoms with Gasteiger partial charge >= 0.3 is 0 Å². The summed E-state index contributed by atoms with van der Waals surface area (Å²) in [6, 6.07) is 12.3. The molecule has 1 aliphatic heterocycles. The summed E-state index contributed by atoms with van der Waals surface area (Å²) >= 11 is 1.20. The molecule has 9 heteroatoms. The van der Waals surface area contributed by atoms with Crippen LogP contribution in [-0.4, -0.2) is 44.2 Å². The van der Waals surface area contributed by atoms with Crippen LogP contribution in [0.15, 0.2) is 46.7 Å². The third kappa shape index (κ3) is 5.88. The van der Waals surface area contributed by atoms with Crippen LogP contribution in [0.1, 0.15) is 40.9 Å². The number of nitrogens with one attached hydrogen (secondary N) is 2. The molecule has 3 rings (SSSR count). The maximum atomic E-state index is 12.5. The van der Waals surface area contributed by atoms with Gasteiger partial charge in [-0.1, -0.05) is 18.2 Å². The largest absolute Gasteiger partial charge is 0.352 e. The van der Waals surface area contributed by atoms with Gasteiger partial charge in [0.15, 0.2) is 0 Å². The molecule has 29 heavy (non-hydrogen) atoms. The van der Waals surface area contributed by atoms with E-state index in [0.29, 0.717) is 48.8 Å². The maximum Gasteiger partial charge on any atom is 0.252 e. The predicted octanol–water partition coefficient (Wildman–Crippen LogP) is 2.36. The summed E-state index contributed by atoms with van der Waals surface area (Å²) in [6.07, 6.45) is 2.63. The summed E-state index contributed by atoms with van der Waals surface area (Å²) in [5.74, 6) is -0.285. The number of hydrogen-bond acceptors (Lipinski definition) is 5. The second-order valence-corrected chi connectivity index (χ2v) is 10.2. The first kappa shape index (κ1) is 21.5. The van der Waals surface area contributed by atoms with Crippen molar-refractivity contribution in [2.75, 3.05) is 19.6 Å². The lowest BCUT2D eigenvalue weighted by molar-refractivity contribution is -0.121. The minimum Gasteiger partial charge on any atom is -0.352 e. The van der Waals surface area contributed by atoms with Crippen LogP contribution >= 0.6 is 11.3 Å². The van der Waals surface area contributed by atoms with Gasteiger partial charge in [0.2, 0.25) is 5.91 Å². The van der Waals surface area contributed by atoms with Crippen molar-refractivity contribution >= 4 is 33.2 Å². The summed E-state index contributed by atoms with van der Waals surface area (Å²) in [5, 5.41) is 5.59. The lowest BCUT2D eigenvalue weighted by Gasteiger charge is -2.13. The van der Waals surface area contributed by atoms with Crippen molar-refractivity contribution in [2.45, 2.75) is 36.4 Å². The van der Waals surface area contributed by atoms with Crippen LogP contribution in [0.4, 0.5) is 0 Å². The molecule has 1 aromatic carbocycles. The standard InChI is InChI=1S/C20H25N3O4S2/c24-18(9-6-12-21-20(25)16-7-2-1-3-8-16)22-15-17-10-11-19(28-17)29(26,27)23-13-4-5-14-23/h1-3,7-8,10-11H,4-6,9,12-15H2,(H,21,25)(H,22,24). The first-order chi connectivity index (χ1) is 14.0. The van der Waals surface area contributed by atoms with E-state index >= 15 is 0 Å². The van der Waals surface area contributed by atoms with Crippen molar-refractivity contribution in [3.63, 3.8) is 0 Å². The molecule has 0 unspecified atom stereocenters. The Hall–Kier alpha value is -2.23. The Morgan fingerprint density at radius 3 is 2.45 bits per heavy atom. The van der Waals surface area contributed by atoms with Crippen LogP contribution in [-0.2, 0) is 21.4 Å². The van der Waals surface area contributed by atoms with E-state index in [1.54, 1.807) is 36.4 Å². The molecular formula is C20H25N3O4S2. The van der Waals surface area contributed by atoms with Gasteiger partial charge in [0, 0.05) is 36.5 Å². The second kappa shape index (κ2) is 10.00. The molecule has 7 nitrogen and oxygen atoms in total. The molecular weight excluding hydrogens is 410 g/mol. The molecule has 2 aromatic rings. The zero-order valence-electron chi connectivity index (χ0n) is 16.1. The smallest absolute Gasteiger partial charge is 0.252 e. The number of benzene rings is 1. The maximum absolute atomic E-state index is 12.5. The molecule has 2 N–H and O–H groups in total. The van der Waals surface area contributed by atoms with Crippen LogP contribution < -0.4 is 10.6 Å². The predicted molar refractivity (Wildman–Crippen MR) is 112 cm³/mol. The molecule has 0 bridgehead atoms. The van der Waals surface area contributed by atoms with Gasteiger partial charge in [-0.05, 0) is 43.5 Å². The first-order valence-corrected chi connectivity index (χ1v) is 11.9. The fourth-order valence-electron chi connectivity index (χ4n) is 3.06. The Kier molecular flexibility index (Phi) is 7.40. The molecule has 0 spiro atoms. The number of carbonyl (C=O) groups is 2. The molecule has 0 radical (unpaired) electrons. The monoisotopic (exact) mass is 435 g/mol. The van der Waals surface area contributed by atoms with Crippen LogP contribution in [0, 0.1) is 0 Å². The van der Waals surface area contributed by atoms with Gasteiger partial charge in [0.25, 0.3) is 15.9 Å². The van der Waals surface area contributed by atoms with Gasteiger partial charge in [-0.15, -0.1) is 11.3 Å². The summed E-state index contributed by atoms with van der Waals surface area (Å²) in [5.41, 5.74) is 0.592. The van der Waals surface area contributed by atoms with E-state index in [4.69, 9.17) is 0 Å². The lowest BCUT2D eigenvalue weighted by atomic mass is 10.2. The van der Waals surface area contributed by atoms with Gasteiger partial charge in [-0.2, -0.15) is 4.31 Å². The number of hydrogen-bond donors (Lipinski definition) is 2. The van der Waals surface area contributed by atoms with Crippen LogP contribution in [0.2, 0.25) is 0 Å². The van der Waals surface area contributed by atoms with Gasteiger partial charge in [0.1, 0.15) is 4.21 Å². The Balaban J connectivity index is 1.38. The Morgan fingerprint density at radius 2 is 1.72 bits per heavy atom. The molecule has 2 heterocycles. The molecule has 156 valence electrons. The van der Waals surface area contributed by atoms with Gasteiger partial charge in [-0.25, -0.2) is 8.42 Å². The number of nitrogens with zero attached hydrogens (tertiary/aromatic N) is 1. The number of carbonyl (C=O) groups excluding carboxylic acids is 2. The van der Waals surface area contributed by atoms with E-state index in [1.807, 2.05) is 6.07 Å². The fourth-order valence-corrected chi connectivity index (χ4v) is 6.03. The van der Waals surface area contributed by atoms with Crippen molar-refractivity contribution in [2.24, 2.45) is 0 Å². The average Bonchev–Trinajstić information content (AvgIpc) is 3.43. The van der Waals surface area contributed by atoms with E-state index in [0.717, 1.165) is 17.7 Å². The van der Waals surface area contributed by atoms with E-state index in [2.05, 4.69) is 10.6 Å². The number of rotatable bonds is 9. The van der Waals surface area contributed by atoms with Crippen molar-refractivity contribution in [3.05, 3.63) is 52.9 Å². The van der Waals surface area contributed by atoms with Gasteiger partial charge in [0.05, 0.1) is 6.54 Å².